The third kappa shape index (κ3) is 4.43. The molecule has 0 fully saturated rings. The van der Waals surface area contributed by atoms with E-state index >= 15 is 0 Å². The van der Waals surface area contributed by atoms with Gasteiger partial charge in [-0.05, 0) is 25.1 Å². The lowest BCUT2D eigenvalue weighted by atomic mass is 10.1. The van der Waals surface area contributed by atoms with Crippen molar-refractivity contribution in [3.05, 3.63) is 0 Å². The summed E-state index contributed by atoms with van der Waals surface area (Å²) >= 11 is 4.99. The molecular weight excluding hydrogens is 184 g/mol. The van der Waals surface area contributed by atoms with Gasteiger partial charge in [0.15, 0.2) is 5.11 Å². The van der Waals surface area contributed by atoms with Crippen molar-refractivity contribution in [2.75, 3.05) is 20.3 Å². The summed E-state index contributed by atoms with van der Waals surface area (Å²) in [5.41, 5.74) is 5.63. The Kier molecular flexibility index (Phi) is 6.90. The number of nitrogens with zero attached hydrogens (tertiary/aromatic N) is 1. The average Bonchev–Trinajstić information content (AvgIpc) is 2.11. The molecule has 0 unspecified atom stereocenters. The van der Waals surface area contributed by atoms with Crippen LogP contribution < -0.4 is 5.73 Å². The lowest BCUT2D eigenvalue weighted by molar-refractivity contribution is 0.159. The number of rotatable bonds is 6. The topological polar surface area (TPSA) is 38.5 Å². The van der Waals surface area contributed by atoms with E-state index in [1.165, 1.54) is 0 Å². The summed E-state index contributed by atoms with van der Waals surface area (Å²) in [6.45, 7) is 5.75. The van der Waals surface area contributed by atoms with Crippen molar-refractivity contribution in [1.82, 2.24) is 4.90 Å². The van der Waals surface area contributed by atoms with E-state index in [4.69, 9.17) is 22.7 Å². The second-order valence-electron chi connectivity index (χ2n) is 2.99. The summed E-state index contributed by atoms with van der Waals surface area (Å²) in [7, 11) is 1.69. The van der Waals surface area contributed by atoms with E-state index < -0.39 is 0 Å². The van der Waals surface area contributed by atoms with E-state index in [-0.39, 0.29) is 0 Å². The van der Waals surface area contributed by atoms with E-state index in [1.54, 1.807) is 7.11 Å². The van der Waals surface area contributed by atoms with Gasteiger partial charge in [0.1, 0.15) is 0 Å². The molecule has 0 aromatic carbocycles. The molecule has 3 nitrogen and oxygen atoms in total. The molecule has 0 heterocycles. The predicted molar refractivity (Wildman–Crippen MR) is 59.7 cm³/mol. The van der Waals surface area contributed by atoms with E-state index in [1.807, 2.05) is 4.90 Å². The molecule has 0 aliphatic carbocycles. The molecule has 0 radical (unpaired) electrons. The van der Waals surface area contributed by atoms with Gasteiger partial charge in [0.2, 0.25) is 0 Å². The van der Waals surface area contributed by atoms with Crippen LogP contribution in [0, 0.1) is 0 Å². The largest absolute Gasteiger partial charge is 0.383 e. The molecule has 0 aromatic heterocycles. The van der Waals surface area contributed by atoms with Gasteiger partial charge < -0.3 is 15.4 Å². The second kappa shape index (κ2) is 7.09. The number of methoxy groups -OCH3 is 1. The molecule has 0 amide bonds. The zero-order valence-electron chi connectivity index (χ0n) is 8.75. The molecule has 0 spiro atoms. The number of hydrogen-bond donors (Lipinski definition) is 1. The van der Waals surface area contributed by atoms with Gasteiger partial charge >= 0.3 is 0 Å². The van der Waals surface area contributed by atoms with E-state index in [2.05, 4.69) is 13.8 Å². The number of nitrogens with two attached hydrogens (primary N) is 1. The summed E-state index contributed by atoms with van der Waals surface area (Å²) in [5.74, 6) is 0. The Morgan fingerprint density at radius 3 is 2.31 bits per heavy atom. The fourth-order valence-electron chi connectivity index (χ4n) is 1.39. The molecule has 0 bridgehead atoms. The van der Waals surface area contributed by atoms with Gasteiger partial charge in [-0.3, -0.25) is 0 Å². The Balaban J connectivity index is 4.12. The minimum Gasteiger partial charge on any atom is -0.383 e. The third-order valence-electron chi connectivity index (χ3n) is 2.20. The van der Waals surface area contributed by atoms with Crippen molar-refractivity contribution in [2.45, 2.75) is 32.7 Å². The molecule has 0 aliphatic rings. The molecule has 0 saturated carbocycles. The quantitative estimate of drug-likeness (QED) is 0.663. The van der Waals surface area contributed by atoms with Crippen LogP contribution in [0.15, 0.2) is 0 Å². The SMILES string of the molecule is CCC(CC)N(CCOC)C(N)=S. The Hall–Kier alpha value is -0.350. The van der Waals surface area contributed by atoms with Crippen LogP contribution in [0.4, 0.5) is 0 Å². The third-order valence-corrected chi connectivity index (χ3v) is 2.44. The highest BCUT2D eigenvalue weighted by molar-refractivity contribution is 7.80. The Morgan fingerprint density at radius 2 is 2.00 bits per heavy atom. The number of thiocarbonyl (C=S) groups is 1. The maximum Gasteiger partial charge on any atom is 0.166 e. The zero-order valence-corrected chi connectivity index (χ0v) is 9.56. The van der Waals surface area contributed by atoms with Gasteiger partial charge in [-0.15, -0.1) is 0 Å². The second-order valence-corrected chi connectivity index (χ2v) is 3.41. The maximum atomic E-state index is 5.63. The fraction of sp³-hybridized carbons (Fsp3) is 0.889. The first-order valence-electron chi connectivity index (χ1n) is 4.72. The first kappa shape index (κ1) is 12.7. The molecule has 0 saturated heterocycles. The lowest BCUT2D eigenvalue weighted by Crippen LogP contribution is -2.44. The molecule has 0 aromatic rings. The van der Waals surface area contributed by atoms with Crippen LogP contribution >= 0.6 is 12.2 Å². The van der Waals surface area contributed by atoms with Gasteiger partial charge in [-0.2, -0.15) is 0 Å². The summed E-state index contributed by atoms with van der Waals surface area (Å²) in [6.07, 6.45) is 2.13. The van der Waals surface area contributed by atoms with Crippen molar-refractivity contribution in [3.63, 3.8) is 0 Å². The first-order valence-corrected chi connectivity index (χ1v) is 5.13. The van der Waals surface area contributed by atoms with Crippen molar-refractivity contribution in [3.8, 4) is 0 Å². The van der Waals surface area contributed by atoms with Crippen LogP contribution in [0.25, 0.3) is 0 Å². The summed E-state index contributed by atoms with van der Waals surface area (Å²) in [6, 6.07) is 0.452. The predicted octanol–water partition coefficient (Wildman–Crippen LogP) is 1.37. The first-order chi connectivity index (χ1) is 6.17. The summed E-state index contributed by atoms with van der Waals surface area (Å²) in [5, 5.41) is 0.478. The van der Waals surface area contributed by atoms with Crippen LogP contribution in [-0.4, -0.2) is 36.3 Å². The van der Waals surface area contributed by atoms with Crippen molar-refractivity contribution in [1.29, 1.82) is 0 Å². The molecular formula is C9H20N2OS. The van der Waals surface area contributed by atoms with Crippen LogP contribution in [0.2, 0.25) is 0 Å². The minimum atomic E-state index is 0.452. The summed E-state index contributed by atoms with van der Waals surface area (Å²) < 4.78 is 5.00. The lowest BCUT2D eigenvalue weighted by Gasteiger charge is -2.30. The van der Waals surface area contributed by atoms with Crippen LogP contribution in [0.3, 0.4) is 0 Å². The van der Waals surface area contributed by atoms with E-state index in [9.17, 15) is 0 Å². The maximum absolute atomic E-state index is 5.63. The normalized spacial score (nSPS) is 10.5. The Labute approximate surface area is 86.2 Å². The number of hydrogen-bond acceptors (Lipinski definition) is 2. The van der Waals surface area contributed by atoms with E-state index in [0.717, 1.165) is 19.4 Å². The molecule has 13 heavy (non-hydrogen) atoms. The van der Waals surface area contributed by atoms with Crippen LogP contribution in [0.5, 0.6) is 0 Å². The van der Waals surface area contributed by atoms with Crippen molar-refractivity contribution < 1.29 is 4.74 Å². The van der Waals surface area contributed by atoms with E-state index in [0.29, 0.717) is 17.8 Å². The molecule has 0 atom stereocenters. The fourth-order valence-corrected chi connectivity index (χ4v) is 1.63. The molecule has 4 heteroatoms. The van der Waals surface area contributed by atoms with Gasteiger partial charge in [-0.25, -0.2) is 0 Å². The molecule has 0 aliphatic heterocycles. The van der Waals surface area contributed by atoms with Crippen molar-refractivity contribution in [2.24, 2.45) is 5.73 Å². The van der Waals surface area contributed by atoms with Gasteiger partial charge in [0.05, 0.1) is 6.61 Å². The zero-order chi connectivity index (χ0) is 10.3. The van der Waals surface area contributed by atoms with Crippen LogP contribution in [-0.2, 0) is 4.74 Å². The van der Waals surface area contributed by atoms with Crippen LogP contribution in [0.1, 0.15) is 26.7 Å². The Bertz CT molecular complexity index is 149. The highest BCUT2D eigenvalue weighted by Crippen LogP contribution is 2.07. The molecule has 78 valence electrons. The van der Waals surface area contributed by atoms with Crippen molar-refractivity contribution >= 4 is 17.3 Å². The highest BCUT2D eigenvalue weighted by Gasteiger charge is 2.15. The monoisotopic (exact) mass is 204 g/mol. The van der Waals surface area contributed by atoms with Gasteiger partial charge in [0, 0.05) is 19.7 Å². The number of ether oxygens (including phenoxy) is 1. The highest BCUT2D eigenvalue weighted by atomic mass is 32.1. The average molecular weight is 204 g/mol. The Morgan fingerprint density at radius 1 is 1.46 bits per heavy atom. The standard InChI is InChI=1S/C9H20N2OS/c1-4-8(5-2)11(9(10)13)6-7-12-3/h8H,4-7H2,1-3H3,(H2,10,13). The smallest absolute Gasteiger partial charge is 0.166 e. The minimum absolute atomic E-state index is 0.452. The van der Waals surface area contributed by atoms with Gasteiger partial charge in [-0.1, -0.05) is 13.8 Å². The summed E-state index contributed by atoms with van der Waals surface area (Å²) in [4.78, 5) is 2.04. The van der Waals surface area contributed by atoms with Gasteiger partial charge in [0.25, 0.3) is 0 Å². The molecule has 2 N–H and O–H groups in total. The molecule has 0 rings (SSSR count).